The van der Waals surface area contributed by atoms with Gasteiger partial charge in [0.25, 0.3) is 0 Å². The molecule has 0 bridgehead atoms. The summed E-state index contributed by atoms with van der Waals surface area (Å²) in [5.41, 5.74) is 0.950. The molecule has 0 aliphatic carbocycles. The van der Waals surface area contributed by atoms with Crippen LogP contribution in [0.3, 0.4) is 0 Å². The highest BCUT2D eigenvalue weighted by Crippen LogP contribution is 2.30. The van der Waals surface area contributed by atoms with Crippen molar-refractivity contribution in [3.8, 4) is 11.5 Å². The highest BCUT2D eigenvalue weighted by atomic mass is 16.6. The Balaban J connectivity index is 1.86. The fraction of sp³-hybridized carbons (Fsp3) is 0.533. The quantitative estimate of drug-likeness (QED) is 0.885. The Morgan fingerprint density at radius 2 is 2.00 bits per heavy atom. The number of ether oxygens (including phenoxy) is 2. The van der Waals surface area contributed by atoms with Gasteiger partial charge >= 0.3 is 0 Å². The summed E-state index contributed by atoms with van der Waals surface area (Å²) in [6, 6.07) is 5.66. The number of hydrogen-bond donors (Lipinski definition) is 1. The van der Waals surface area contributed by atoms with Gasteiger partial charge in [0.2, 0.25) is 5.91 Å². The summed E-state index contributed by atoms with van der Waals surface area (Å²) in [7, 11) is 0. The summed E-state index contributed by atoms with van der Waals surface area (Å²) < 4.78 is 11.0. The first kappa shape index (κ1) is 13.7. The van der Waals surface area contributed by atoms with Gasteiger partial charge in [-0.1, -0.05) is 19.9 Å². The fourth-order valence-electron chi connectivity index (χ4n) is 1.95. The van der Waals surface area contributed by atoms with Crippen LogP contribution in [0.4, 0.5) is 0 Å². The summed E-state index contributed by atoms with van der Waals surface area (Å²) in [5, 5.41) is 2.93. The van der Waals surface area contributed by atoms with Crippen LogP contribution in [-0.2, 0) is 11.2 Å². The fourth-order valence-corrected chi connectivity index (χ4v) is 1.95. The van der Waals surface area contributed by atoms with Gasteiger partial charge in [0.1, 0.15) is 13.2 Å². The third-order valence-electron chi connectivity index (χ3n) is 3.02. The second-order valence-corrected chi connectivity index (χ2v) is 5.19. The first-order chi connectivity index (χ1) is 9.15. The minimum absolute atomic E-state index is 0.0531. The SMILES string of the molecule is CC(C)CCNC(=O)Cc1ccc2c(c1)OCCO2. The average molecular weight is 263 g/mol. The number of carbonyl (C=O) groups excluding carboxylic acids is 1. The molecule has 2 rings (SSSR count). The number of fused-ring (bicyclic) bond motifs is 1. The zero-order valence-corrected chi connectivity index (χ0v) is 11.6. The Morgan fingerprint density at radius 1 is 1.26 bits per heavy atom. The van der Waals surface area contributed by atoms with Gasteiger partial charge in [0.15, 0.2) is 11.5 Å². The third-order valence-corrected chi connectivity index (χ3v) is 3.02. The lowest BCUT2D eigenvalue weighted by Crippen LogP contribution is -2.27. The summed E-state index contributed by atoms with van der Waals surface area (Å²) in [6.07, 6.45) is 1.39. The van der Waals surface area contributed by atoms with E-state index in [1.54, 1.807) is 0 Å². The molecule has 0 fully saturated rings. The Kier molecular flexibility index (Phi) is 4.66. The molecule has 1 aliphatic heterocycles. The molecule has 19 heavy (non-hydrogen) atoms. The maximum Gasteiger partial charge on any atom is 0.224 e. The van der Waals surface area contributed by atoms with Crippen LogP contribution in [0.1, 0.15) is 25.8 Å². The molecule has 0 saturated carbocycles. The van der Waals surface area contributed by atoms with Crippen LogP contribution < -0.4 is 14.8 Å². The van der Waals surface area contributed by atoms with E-state index in [1.807, 2.05) is 18.2 Å². The van der Waals surface area contributed by atoms with Crippen molar-refractivity contribution in [2.45, 2.75) is 26.7 Å². The van der Waals surface area contributed by atoms with Gasteiger partial charge in [-0.25, -0.2) is 0 Å². The number of hydrogen-bond acceptors (Lipinski definition) is 3. The molecule has 0 aromatic heterocycles. The molecule has 1 heterocycles. The van der Waals surface area contributed by atoms with Crippen molar-refractivity contribution >= 4 is 5.91 Å². The van der Waals surface area contributed by atoms with Crippen LogP contribution in [0.2, 0.25) is 0 Å². The molecule has 1 aromatic carbocycles. The molecule has 4 heteroatoms. The number of amides is 1. The zero-order valence-electron chi connectivity index (χ0n) is 11.6. The maximum absolute atomic E-state index is 11.8. The van der Waals surface area contributed by atoms with E-state index < -0.39 is 0 Å². The largest absolute Gasteiger partial charge is 0.486 e. The number of carbonyl (C=O) groups is 1. The molecule has 0 saturated heterocycles. The molecule has 0 radical (unpaired) electrons. The van der Waals surface area contributed by atoms with Crippen molar-refractivity contribution < 1.29 is 14.3 Å². The summed E-state index contributed by atoms with van der Waals surface area (Å²) in [5.74, 6) is 2.15. The van der Waals surface area contributed by atoms with Gasteiger partial charge in [-0.2, -0.15) is 0 Å². The van der Waals surface area contributed by atoms with Crippen LogP contribution in [0.5, 0.6) is 11.5 Å². The first-order valence-electron chi connectivity index (χ1n) is 6.80. The molecule has 104 valence electrons. The molecular formula is C15H21NO3. The number of benzene rings is 1. The Morgan fingerprint density at radius 3 is 2.74 bits per heavy atom. The van der Waals surface area contributed by atoms with Gasteiger partial charge < -0.3 is 14.8 Å². The lowest BCUT2D eigenvalue weighted by atomic mass is 10.1. The molecule has 0 atom stereocenters. The maximum atomic E-state index is 11.8. The van der Waals surface area contributed by atoms with Crippen LogP contribution in [0, 0.1) is 5.92 Å². The topological polar surface area (TPSA) is 47.6 Å². The van der Waals surface area contributed by atoms with E-state index in [9.17, 15) is 4.79 Å². The van der Waals surface area contributed by atoms with E-state index in [1.165, 1.54) is 0 Å². The van der Waals surface area contributed by atoms with Gasteiger partial charge in [0, 0.05) is 6.54 Å². The zero-order chi connectivity index (χ0) is 13.7. The van der Waals surface area contributed by atoms with E-state index in [0.29, 0.717) is 25.6 Å². The highest BCUT2D eigenvalue weighted by molar-refractivity contribution is 5.78. The van der Waals surface area contributed by atoms with E-state index in [2.05, 4.69) is 19.2 Å². The second-order valence-electron chi connectivity index (χ2n) is 5.19. The van der Waals surface area contributed by atoms with Crippen LogP contribution >= 0.6 is 0 Å². The van der Waals surface area contributed by atoms with Gasteiger partial charge in [-0.3, -0.25) is 4.79 Å². The molecule has 1 amide bonds. The summed E-state index contributed by atoms with van der Waals surface area (Å²) in [4.78, 5) is 11.8. The predicted molar refractivity (Wildman–Crippen MR) is 73.6 cm³/mol. The first-order valence-corrected chi connectivity index (χ1v) is 6.80. The lowest BCUT2D eigenvalue weighted by Gasteiger charge is -2.18. The molecule has 0 spiro atoms. The van der Waals surface area contributed by atoms with Crippen LogP contribution in [-0.4, -0.2) is 25.7 Å². The van der Waals surface area contributed by atoms with Crippen molar-refractivity contribution in [2.24, 2.45) is 5.92 Å². The standard InChI is InChI=1S/C15H21NO3/c1-11(2)5-6-16-15(17)10-12-3-4-13-14(9-12)19-8-7-18-13/h3-4,9,11H,5-8,10H2,1-2H3,(H,16,17). The number of nitrogens with one attached hydrogen (secondary N) is 1. The van der Waals surface area contributed by atoms with Crippen molar-refractivity contribution in [2.75, 3.05) is 19.8 Å². The normalized spacial score (nSPS) is 13.4. The average Bonchev–Trinajstić information content (AvgIpc) is 2.38. The smallest absolute Gasteiger partial charge is 0.224 e. The monoisotopic (exact) mass is 263 g/mol. The Labute approximate surface area is 114 Å². The number of rotatable bonds is 5. The minimum Gasteiger partial charge on any atom is -0.486 e. The van der Waals surface area contributed by atoms with Crippen molar-refractivity contribution in [1.82, 2.24) is 5.32 Å². The van der Waals surface area contributed by atoms with Crippen molar-refractivity contribution in [1.29, 1.82) is 0 Å². The van der Waals surface area contributed by atoms with Gasteiger partial charge in [0.05, 0.1) is 6.42 Å². The Bertz CT molecular complexity index is 443. The molecule has 4 nitrogen and oxygen atoms in total. The second kappa shape index (κ2) is 6.45. The van der Waals surface area contributed by atoms with E-state index in [-0.39, 0.29) is 5.91 Å². The summed E-state index contributed by atoms with van der Waals surface area (Å²) >= 11 is 0. The molecule has 1 aliphatic rings. The highest BCUT2D eigenvalue weighted by Gasteiger charge is 2.13. The van der Waals surface area contributed by atoms with Crippen molar-refractivity contribution in [3.63, 3.8) is 0 Å². The molecule has 0 unspecified atom stereocenters. The van der Waals surface area contributed by atoms with E-state index in [4.69, 9.17) is 9.47 Å². The lowest BCUT2D eigenvalue weighted by molar-refractivity contribution is -0.120. The summed E-state index contributed by atoms with van der Waals surface area (Å²) in [6.45, 7) is 6.18. The van der Waals surface area contributed by atoms with Crippen LogP contribution in [0.25, 0.3) is 0 Å². The predicted octanol–water partition coefficient (Wildman–Crippen LogP) is 2.16. The van der Waals surface area contributed by atoms with E-state index in [0.717, 1.165) is 30.0 Å². The van der Waals surface area contributed by atoms with Crippen molar-refractivity contribution in [3.05, 3.63) is 23.8 Å². The Hall–Kier alpha value is -1.71. The molecule has 1 aromatic rings. The third kappa shape index (κ3) is 4.16. The molecule has 1 N–H and O–H groups in total. The van der Waals surface area contributed by atoms with Crippen LogP contribution in [0.15, 0.2) is 18.2 Å². The van der Waals surface area contributed by atoms with Gasteiger partial charge in [-0.15, -0.1) is 0 Å². The minimum atomic E-state index is 0.0531. The van der Waals surface area contributed by atoms with Gasteiger partial charge in [-0.05, 0) is 30.0 Å². The van der Waals surface area contributed by atoms with E-state index >= 15 is 0 Å². The molecular weight excluding hydrogens is 242 g/mol.